The molecule has 0 saturated carbocycles. The topological polar surface area (TPSA) is 65.6 Å². The lowest BCUT2D eigenvalue weighted by Gasteiger charge is -2.09. The fourth-order valence-corrected chi connectivity index (χ4v) is 4.73. The lowest BCUT2D eigenvalue weighted by Crippen LogP contribution is -2.13. The first-order chi connectivity index (χ1) is 14.3. The maximum absolute atomic E-state index is 13.3. The molecule has 6 nitrogen and oxygen atoms in total. The number of carbonyl (C=O) groups is 1. The Kier molecular flexibility index (Phi) is 4.89. The molecule has 4 aromatic rings. The van der Waals surface area contributed by atoms with Gasteiger partial charge in [-0.2, -0.15) is 0 Å². The number of para-hydroxylation sites is 2. The van der Waals surface area contributed by atoms with Crippen molar-refractivity contribution < 1.29 is 4.79 Å². The Morgan fingerprint density at radius 3 is 2.69 bits per heavy atom. The van der Waals surface area contributed by atoms with Crippen molar-refractivity contribution in [2.24, 2.45) is 0 Å². The number of fused-ring (bicyclic) bond motifs is 2. The van der Waals surface area contributed by atoms with Gasteiger partial charge in [0.1, 0.15) is 11.6 Å². The number of carbonyl (C=O) groups excluding carboxylic acids is 1. The second kappa shape index (κ2) is 7.83. The van der Waals surface area contributed by atoms with Crippen molar-refractivity contribution >= 4 is 28.7 Å². The van der Waals surface area contributed by atoms with Crippen LogP contribution in [0.4, 0.5) is 0 Å². The number of aromatic nitrogens is 5. The predicted octanol–water partition coefficient (Wildman–Crippen LogP) is 4.34. The van der Waals surface area contributed by atoms with Crippen LogP contribution in [0.2, 0.25) is 0 Å². The van der Waals surface area contributed by atoms with E-state index < -0.39 is 0 Å². The molecule has 7 heteroatoms. The van der Waals surface area contributed by atoms with Crippen LogP contribution in [0.3, 0.4) is 0 Å². The van der Waals surface area contributed by atoms with Gasteiger partial charge in [0.25, 0.3) is 5.91 Å². The molecule has 0 unspecified atom stereocenters. The molecule has 1 aliphatic rings. The highest BCUT2D eigenvalue weighted by atomic mass is 32.2. The molecule has 1 aliphatic heterocycles. The second-order valence-corrected chi connectivity index (χ2v) is 8.12. The van der Waals surface area contributed by atoms with Crippen molar-refractivity contribution in [2.75, 3.05) is 0 Å². The van der Waals surface area contributed by atoms with Crippen LogP contribution in [0.25, 0.3) is 11.0 Å². The van der Waals surface area contributed by atoms with Crippen molar-refractivity contribution in [3.8, 4) is 0 Å². The standard InChI is InChI=1S/C22H21N5OS/c28-21(16-9-3-1-4-10-16)27-18-12-7-6-11-17(18)23-22(27)29-15-20-25-24-19-13-5-2-8-14-26(19)20/h1,3-4,6-7,9-12H,2,5,8,13-15H2. The predicted molar refractivity (Wildman–Crippen MR) is 113 cm³/mol. The van der Waals surface area contributed by atoms with E-state index in [1.54, 1.807) is 16.3 Å². The maximum atomic E-state index is 13.3. The Bertz CT molecular complexity index is 1160. The molecule has 0 bridgehead atoms. The molecule has 146 valence electrons. The first kappa shape index (κ1) is 18.1. The lowest BCUT2D eigenvalue weighted by atomic mass is 10.2. The first-order valence-electron chi connectivity index (χ1n) is 9.92. The molecule has 2 aromatic heterocycles. The summed E-state index contributed by atoms with van der Waals surface area (Å²) in [6.45, 7) is 0.970. The minimum Gasteiger partial charge on any atom is -0.314 e. The summed E-state index contributed by atoms with van der Waals surface area (Å²) in [4.78, 5) is 18.0. The number of rotatable bonds is 4. The maximum Gasteiger partial charge on any atom is 0.264 e. The van der Waals surface area contributed by atoms with Gasteiger partial charge >= 0.3 is 0 Å². The number of aryl methyl sites for hydroxylation is 1. The molecule has 0 fully saturated rings. The molecule has 0 saturated heterocycles. The van der Waals surface area contributed by atoms with Gasteiger partial charge in [-0.3, -0.25) is 9.36 Å². The van der Waals surface area contributed by atoms with Gasteiger partial charge in [0, 0.05) is 18.5 Å². The summed E-state index contributed by atoms with van der Waals surface area (Å²) in [7, 11) is 0. The van der Waals surface area contributed by atoms with Gasteiger partial charge < -0.3 is 4.57 Å². The molecular formula is C22H21N5OS. The van der Waals surface area contributed by atoms with Crippen LogP contribution in [0.1, 0.15) is 41.3 Å². The van der Waals surface area contributed by atoms with Crippen LogP contribution in [-0.2, 0) is 18.7 Å². The van der Waals surface area contributed by atoms with Crippen molar-refractivity contribution in [3.05, 3.63) is 71.8 Å². The number of thioether (sulfide) groups is 1. The van der Waals surface area contributed by atoms with E-state index >= 15 is 0 Å². The third kappa shape index (κ3) is 3.46. The Labute approximate surface area is 173 Å². The largest absolute Gasteiger partial charge is 0.314 e. The summed E-state index contributed by atoms with van der Waals surface area (Å²) >= 11 is 1.54. The van der Waals surface area contributed by atoms with Gasteiger partial charge in [0.05, 0.1) is 16.8 Å². The quantitative estimate of drug-likeness (QED) is 0.475. The van der Waals surface area contributed by atoms with Crippen LogP contribution in [0, 0.1) is 0 Å². The molecular weight excluding hydrogens is 382 g/mol. The van der Waals surface area contributed by atoms with Crippen LogP contribution >= 0.6 is 11.8 Å². The Balaban J connectivity index is 1.49. The molecule has 3 heterocycles. The monoisotopic (exact) mass is 403 g/mol. The third-order valence-electron chi connectivity index (χ3n) is 5.27. The molecule has 0 aliphatic carbocycles. The summed E-state index contributed by atoms with van der Waals surface area (Å²) in [5.41, 5.74) is 2.29. The van der Waals surface area contributed by atoms with Crippen molar-refractivity contribution in [2.45, 2.75) is 43.1 Å². The second-order valence-electron chi connectivity index (χ2n) is 7.17. The van der Waals surface area contributed by atoms with Gasteiger partial charge in [0.2, 0.25) is 0 Å². The highest BCUT2D eigenvalue weighted by molar-refractivity contribution is 7.98. The van der Waals surface area contributed by atoms with E-state index in [2.05, 4.69) is 14.8 Å². The fourth-order valence-electron chi connectivity index (χ4n) is 3.79. The van der Waals surface area contributed by atoms with E-state index in [0.29, 0.717) is 16.5 Å². The molecule has 0 radical (unpaired) electrons. The Morgan fingerprint density at radius 2 is 1.79 bits per heavy atom. The normalized spacial score (nSPS) is 13.9. The Hall–Kier alpha value is -2.93. The average Bonchev–Trinajstić information content (AvgIpc) is 3.24. The minimum absolute atomic E-state index is 0.0677. The van der Waals surface area contributed by atoms with E-state index in [1.807, 2.05) is 54.6 Å². The van der Waals surface area contributed by atoms with Crippen molar-refractivity contribution in [1.82, 2.24) is 24.3 Å². The molecule has 0 amide bonds. The number of imidazole rings is 1. The van der Waals surface area contributed by atoms with Crippen molar-refractivity contribution in [1.29, 1.82) is 0 Å². The van der Waals surface area contributed by atoms with E-state index in [0.717, 1.165) is 42.1 Å². The van der Waals surface area contributed by atoms with E-state index in [9.17, 15) is 4.79 Å². The number of benzene rings is 2. The molecule has 29 heavy (non-hydrogen) atoms. The highest BCUT2D eigenvalue weighted by Gasteiger charge is 2.20. The summed E-state index contributed by atoms with van der Waals surface area (Å²) in [5, 5.41) is 9.48. The minimum atomic E-state index is -0.0677. The molecule has 0 N–H and O–H groups in total. The van der Waals surface area contributed by atoms with Gasteiger partial charge in [0.15, 0.2) is 5.16 Å². The van der Waals surface area contributed by atoms with Gasteiger partial charge in [-0.05, 0) is 37.1 Å². The van der Waals surface area contributed by atoms with Gasteiger partial charge in [-0.15, -0.1) is 10.2 Å². The summed E-state index contributed by atoms with van der Waals surface area (Å²) < 4.78 is 3.96. The summed E-state index contributed by atoms with van der Waals surface area (Å²) in [5.74, 6) is 2.60. The summed E-state index contributed by atoms with van der Waals surface area (Å²) in [6, 6.07) is 17.1. The van der Waals surface area contributed by atoms with E-state index in [1.165, 1.54) is 12.8 Å². The van der Waals surface area contributed by atoms with Crippen LogP contribution in [0.15, 0.2) is 59.8 Å². The summed E-state index contributed by atoms with van der Waals surface area (Å²) in [6.07, 6.45) is 4.56. The SMILES string of the molecule is O=C(c1ccccc1)n1c(SCc2nnc3n2CCCCC3)nc2ccccc21. The first-order valence-corrected chi connectivity index (χ1v) is 10.9. The number of hydrogen-bond donors (Lipinski definition) is 0. The highest BCUT2D eigenvalue weighted by Crippen LogP contribution is 2.28. The third-order valence-corrected chi connectivity index (χ3v) is 6.20. The van der Waals surface area contributed by atoms with Crippen LogP contribution < -0.4 is 0 Å². The zero-order valence-electron chi connectivity index (χ0n) is 16.0. The Morgan fingerprint density at radius 1 is 0.966 bits per heavy atom. The lowest BCUT2D eigenvalue weighted by molar-refractivity contribution is 0.0955. The van der Waals surface area contributed by atoms with Crippen LogP contribution in [-0.4, -0.2) is 30.2 Å². The van der Waals surface area contributed by atoms with E-state index in [4.69, 9.17) is 4.98 Å². The van der Waals surface area contributed by atoms with Crippen LogP contribution in [0.5, 0.6) is 0 Å². The van der Waals surface area contributed by atoms with E-state index in [-0.39, 0.29) is 5.91 Å². The average molecular weight is 404 g/mol. The van der Waals surface area contributed by atoms with Gasteiger partial charge in [-0.25, -0.2) is 4.98 Å². The number of nitrogens with zero attached hydrogens (tertiary/aromatic N) is 5. The molecule has 0 spiro atoms. The van der Waals surface area contributed by atoms with Crippen molar-refractivity contribution in [3.63, 3.8) is 0 Å². The zero-order valence-corrected chi connectivity index (χ0v) is 16.8. The molecule has 2 aromatic carbocycles. The smallest absolute Gasteiger partial charge is 0.264 e. The molecule has 5 rings (SSSR count). The van der Waals surface area contributed by atoms with Gasteiger partial charge in [-0.1, -0.05) is 48.5 Å². The zero-order chi connectivity index (χ0) is 19.6. The molecule has 0 atom stereocenters. The fraction of sp³-hybridized carbons (Fsp3) is 0.273. The number of hydrogen-bond acceptors (Lipinski definition) is 5.